The predicted octanol–water partition coefficient (Wildman–Crippen LogP) is 4.96. The molecule has 1 N–H and O–H groups in total. The molecule has 0 fully saturated rings. The Kier molecular flexibility index (Phi) is 7.01. The topological polar surface area (TPSA) is 63.6 Å². The summed E-state index contributed by atoms with van der Waals surface area (Å²) < 4.78 is 5.00. The summed E-state index contributed by atoms with van der Waals surface area (Å²) in [4.78, 5) is 23.8. The maximum Gasteiger partial charge on any atom is 0.163 e. The summed E-state index contributed by atoms with van der Waals surface area (Å²) in [5.41, 5.74) is 1.27. The van der Waals surface area contributed by atoms with Gasteiger partial charge in [-0.2, -0.15) is 0 Å². The number of rotatable bonds is 7. The Morgan fingerprint density at radius 1 is 1.04 bits per heavy atom. The van der Waals surface area contributed by atoms with E-state index in [0.29, 0.717) is 26.9 Å². The molecule has 0 unspecified atom stereocenters. The number of benzene rings is 2. The van der Waals surface area contributed by atoms with Crippen molar-refractivity contribution < 1.29 is 19.4 Å². The highest BCUT2D eigenvalue weighted by molar-refractivity contribution is 6.34. The molecule has 0 saturated heterocycles. The number of halogens is 2. The number of methoxy groups -OCH3 is 1. The fourth-order valence-electron chi connectivity index (χ4n) is 2.10. The molecule has 134 valence electrons. The van der Waals surface area contributed by atoms with E-state index >= 15 is 0 Å². The maximum atomic E-state index is 11.9. The Morgan fingerprint density at radius 3 is 2.42 bits per heavy atom. The van der Waals surface area contributed by atoms with Gasteiger partial charge in [-0.15, -0.1) is 0 Å². The largest absolute Gasteiger partial charge is 0.504 e. The van der Waals surface area contributed by atoms with Crippen LogP contribution in [0.3, 0.4) is 0 Å². The highest BCUT2D eigenvalue weighted by Crippen LogP contribution is 2.26. The SMILES string of the molecule is COc1cc(/C=C/C(=O)CC(=O)/C=C/c2cc(Cl)ccc2Cl)ccc1O. The first-order valence-corrected chi connectivity index (χ1v) is 8.38. The second-order valence-electron chi connectivity index (χ2n) is 5.37. The van der Waals surface area contributed by atoms with Crippen LogP contribution in [0.2, 0.25) is 10.0 Å². The summed E-state index contributed by atoms with van der Waals surface area (Å²) in [5, 5.41) is 10.5. The molecule has 2 rings (SSSR count). The number of ketones is 2. The highest BCUT2D eigenvalue weighted by atomic mass is 35.5. The third kappa shape index (κ3) is 5.76. The fraction of sp³-hybridized carbons (Fsp3) is 0.100. The number of carbonyl (C=O) groups excluding carboxylic acids is 2. The van der Waals surface area contributed by atoms with Crippen molar-refractivity contribution in [1.29, 1.82) is 0 Å². The van der Waals surface area contributed by atoms with Crippen LogP contribution in [0.25, 0.3) is 12.2 Å². The lowest BCUT2D eigenvalue weighted by atomic mass is 10.1. The standard InChI is InChI=1S/C20H16Cl2O4/c1-26-20-10-13(3-9-19(20)25)2-6-16(23)12-17(24)7-4-14-11-15(21)5-8-18(14)22/h2-11,25H,12H2,1H3/b6-2+,7-4+. The van der Waals surface area contributed by atoms with Crippen molar-refractivity contribution in [3.63, 3.8) is 0 Å². The van der Waals surface area contributed by atoms with E-state index in [2.05, 4.69) is 0 Å². The van der Waals surface area contributed by atoms with Gasteiger partial charge in [0.25, 0.3) is 0 Å². The predicted molar refractivity (Wildman–Crippen MR) is 104 cm³/mol. The zero-order valence-corrected chi connectivity index (χ0v) is 15.4. The van der Waals surface area contributed by atoms with Gasteiger partial charge in [0.15, 0.2) is 23.1 Å². The molecular formula is C20H16Cl2O4. The number of phenolic OH excluding ortho intramolecular Hbond substituents is 1. The molecule has 26 heavy (non-hydrogen) atoms. The van der Waals surface area contributed by atoms with Crippen molar-refractivity contribution in [1.82, 2.24) is 0 Å². The Balaban J connectivity index is 1.97. The lowest BCUT2D eigenvalue weighted by Gasteiger charge is -2.03. The van der Waals surface area contributed by atoms with Crippen molar-refractivity contribution in [2.24, 2.45) is 0 Å². The molecule has 2 aromatic carbocycles. The van der Waals surface area contributed by atoms with Crippen molar-refractivity contribution in [2.75, 3.05) is 7.11 Å². The average molecular weight is 391 g/mol. The molecule has 0 heterocycles. The second-order valence-corrected chi connectivity index (χ2v) is 6.22. The van der Waals surface area contributed by atoms with Gasteiger partial charge >= 0.3 is 0 Å². The van der Waals surface area contributed by atoms with Crippen LogP contribution in [0.1, 0.15) is 17.5 Å². The smallest absolute Gasteiger partial charge is 0.163 e. The van der Waals surface area contributed by atoms with Crippen molar-refractivity contribution in [3.8, 4) is 11.5 Å². The molecule has 0 saturated carbocycles. The average Bonchev–Trinajstić information content (AvgIpc) is 2.61. The third-order valence-electron chi connectivity index (χ3n) is 3.42. The van der Waals surface area contributed by atoms with E-state index < -0.39 is 0 Å². The first-order chi connectivity index (χ1) is 12.4. The van der Waals surface area contributed by atoms with Gasteiger partial charge in [0, 0.05) is 10.0 Å². The minimum Gasteiger partial charge on any atom is -0.504 e. The lowest BCUT2D eigenvalue weighted by Crippen LogP contribution is -2.01. The second kappa shape index (κ2) is 9.22. The third-order valence-corrected chi connectivity index (χ3v) is 4.00. The van der Waals surface area contributed by atoms with Crippen LogP contribution in [0.4, 0.5) is 0 Å². The summed E-state index contributed by atoms with van der Waals surface area (Å²) in [5.74, 6) is -0.379. The van der Waals surface area contributed by atoms with Crippen LogP contribution in [0.15, 0.2) is 48.6 Å². The molecule has 0 atom stereocenters. The van der Waals surface area contributed by atoms with E-state index in [0.717, 1.165) is 0 Å². The van der Waals surface area contributed by atoms with Crippen LogP contribution >= 0.6 is 23.2 Å². The maximum absolute atomic E-state index is 11.9. The number of hydrogen-bond donors (Lipinski definition) is 1. The molecule has 0 aliphatic heterocycles. The van der Waals surface area contributed by atoms with Crippen LogP contribution in [0, 0.1) is 0 Å². The Morgan fingerprint density at radius 2 is 1.73 bits per heavy atom. The van der Waals surface area contributed by atoms with Crippen LogP contribution in [0.5, 0.6) is 11.5 Å². The monoisotopic (exact) mass is 390 g/mol. The summed E-state index contributed by atoms with van der Waals surface area (Å²) in [6, 6.07) is 9.59. The van der Waals surface area contributed by atoms with Gasteiger partial charge in [-0.1, -0.05) is 35.3 Å². The number of phenols is 1. The number of carbonyl (C=O) groups is 2. The zero-order valence-electron chi connectivity index (χ0n) is 13.9. The van der Waals surface area contributed by atoms with E-state index in [4.69, 9.17) is 27.9 Å². The van der Waals surface area contributed by atoms with E-state index in [1.807, 2.05) is 0 Å². The Bertz CT molecular complexity index is 885. The minimum absolute atomic E-state index is 0.0102. The molecule has 0 radical (unpaired) electrons. The molecule has 0 aliphatic rings. The quantitative estimate of drug-likeness (QED) is 0.535. The molecule has 0 spiro atoms. The summed E-state index contributed by atoms with van der Waals surface area (Å²) in [6.07, 6.45) is 5.42. The molecular weight excluding hydrogens is 375 g/mol. The van der Waals surface area contributed by atoms with Crippen LogP contribution < -0.4 is 4.74 Å². The molecule has 0 aromatic heterocycles. The summed E-state index contributed by atoms with van der Waals surface area (Å²) >= 11 is 11.9. The van der Waals surface area contributed by atoms with Gasteiger partial charge < -0.3 is 9.84 Å². The highest BCUT2D eigenvalue weighted by Gasteiger charge is 2.06. The molecule has 6 heteroatoms. The van der Waals surface area contributed by atoms with Crippen molar-refractivity contribution in [3.05, 3.63) is 69.7 Å². The van der Waals surface area contributed by atoms with Crippen LogP contribution in [-0.4, -0.2) is 23.8 Å². The number of allylic oxidation sites excluding steroid dienone is 2. The normalized spacial score (nSPS) is 11.2. The molecule has 0 amide bonds. The first kappa shape index (κ1) is 19.8. The fourth-order valence-corrected chi connectivity index (χ4v) is 2.46. The minimum atomic E-state index is -0.348. The van der Waals surface area contributed by atoms with E-state index in [1.54, 1.807) is 36.4 Å². The van der Waals surface area contributed by atoms with Gasteiger partial charge in [0.2, 0.25) is 0 Å². The van der Waals surface area contributed by atoms with E-state index in [1.165, 1.54) is 31.4 Å². The van der Waals surface area contributed by atoms with Crippen molar-refractivity contribution >= 4 is 46.9 Å². The summed E-state index contributed by atoms with van der Waals surface area (Å²) in [7, 11) is 1.44. The number of hydrogen-bond acceptors (Lipinski definition) is 4. The lowest BCUT2D eigenvalue weighted by molar-refractivity contribution is -0.121. The van der Waals surface area contributed by atoms with E-state index in [-0.39, 0.29) is 23.7 Å². The Labute approximate surface area is 161 Å². The van der Waals surface area contributed by atoms with Gasteiger partial charge in [-0.25, -0.2) is 0 Å². The first-order valence-electron chi connectivity index (χ1n) is 7.63. The molecule has 2 aromatic rings. The zero-order chi connectivity index (χ0) is 19.1. The van der Waals surface area contributed by atoms with Gasteiger partial charge in [-0.3, -0.25) is 9.59 Å². The molecule has 4 nitrogen and oxygen atoms in total. The van der Waals surface area contributed by atoms with E-state index in [9.17, 15) is 14.7 Å². The van der Waals surface area contributed by atoms with Gasteiger partial charge in [0.1, 0.15) is 0 Å². The molecule has 0 aliphatic carbocycles. The Hall–Kier alpha value is -2.56. The summed E-state index contributed by atoms with van der Waals surface area (Å²) in [6.45, 7) is 0. The van der Waals surface area contributed by atoms with Gasteiger partial charge in [-0.05, 0) is 59.7 Å². The van der Waals surface area contributed by atoms with Crippen LogP contribution in [-0.2, 0) is 9.59 Å². The van der Waals surface area contributed by atoms with Crippen molar-refractivity contribution in [2.45, 2.75) is 6.42 Å². The van der Waals surface area contributed by atoms with Gasteiger partial charge in [0.05, 0.1) is 13.5 Å². The number of ether oxygens (including phenoxy) is 1. The number of aromatic hydroxyl groups is 1. The molecule has 0 bridgehead atoms.